The van der Waals surface area contributed by atoms with Gasteiger partial charge in [0.2, 0.25) is 0 Å². The van der Waals surface area contributed by atoms with Crippen LogP contribution in [-0.2, 0) is 19.3 Å². The monoisotopic (exact) mass is 297 g/mol. The number of rotatable bonds is 6. The lowest BCUT2D eigenvalue weighted by molar-refractivity contribution is -0.137. The van der Waals surface area contributed by atoms with Gasteiger partial charge in [-0.1, -0.05) is 31.2 Å². The van der Waals surface area contributed by atoms with E-state index in [1.54, 1.807) is 0 Å². The summed E-state index contributed by atoms with van der Waals surface area (Å²) in [5.74, 6) is 0. The van der Waals surface area contributed by atoms with Crippen molar-refractivity contribution < 1.29 is 13.2 Å². The van der Waals surface area contributed by atoms with Crippen LogP contribution in [-0.4, -0.2) is 16.3 Å². The Hall–Kier alpha value is -1.82. The van der Waals surface area contributed by atoms with Gasteiger partial charge in [-0.2, -0.15) is 18.3 Å². The molecule has 0 radical (unpaired) electrons. The molecule has 0 aliphatic rings. The fourth-order valence-corrected chi connectivity index (χ4v) is 2.05. The number of hydrogen-bond donors (Lipinski definition) is 1. The molecule has 6 heteroatoms. The lowest BCUT2D eigenvalue weighted by Crippen LogP contribution is -2.16. The number of aromatic nitrogens is 2. The van der Waals surface area contributed by atoms with E-state index in [9.17, 15) is 13.2 Å². The molecule has 1 aromatic carbocycles. The van der Waals surface area contributed by atoms with Gasteiger partial charge in [0.1, 0.15) is 0 Å². The Bertz CT molecular complexity index is 576. The second-order valence-electron chi connectivity index (χ2n) is 4.87. The van der Waals surface area contributed by atoms with Crippen LogP contribution in [0.3, 0.4) is 0 Å². The lowest BCUT2D eigenvalue weighted by atomic mass is 10.1. The van der Waals surface area contributed by atoms with Gasteiger partial charge in [-0.25, -0.2) is 0 Å². The van der Waals surface area contributed by atoms with E-state index in [2.05, 4.69) is 17.3 Å². The van der Waals surface area contributed by atoms with Gasteiger partial charge in [0.05, 0.1) is 18.3 Å². The molecule has 0 fully saturated rings. The Morgan fingerprint density at radius 1 is 1.19 bits per heavy atom. The summed E-state index contributed by atoms with van der Waals surface area (Å²) >= 11 is 0. The normalized spacial score (nSPS) is 11.8. The third-order valence-corrected chi connectivity index (χ3v) is 3.15. The molecule has 2 aromatic rings. The topological polar surface area (TPSA) is 29.9 Å². The zero-order valence-electron chi connectivity index (χ0n) is 11.8. The zero-order valence-corrected chi connectivity index (χ0v) is 11.8. The summed E-state index contributed by atoms with van der Waals surface area (Å²) in [5.41, 5.74) is 1.33. The molecule has 1 heterocycles. The molecule has 0 saturated heterocycles. The van der Waals surface area contributed by atoms with Gasteiger partial charge in [0.25, 0.3) is 0 Å². The molecule has 0 unspecified atom stereocenters. The van der Waals surface area contributed by atoms with E-state index in [4.69, 9.17) is 0 Å². The zero-order chi connectivity index (χ0) is 15.3. The van der Waals surface area contributed by atoms with E-state index >= 15 is 0 Å². The van der Waals surface area contributed by atoms with Crippen LogP contribution in [0.5, 0.6) is 0 Å². The highest BCUT2D eigenvalue weighted by atomic mass is 19.4. The van der Waals surface area contributed by atoms with Gasteiger partial charge >= 0.3 is 6.18 Å². The second kappa shape index (κ2) is 6.76. The van der Waals surface area contributed by atoms with E-state index in [1.807, 2.05) is 24.3 Å². The van der Waals surface area contributed by atoms with Crippen molar-refractivity contribution in [1.82, 2.24) is 15.1 Å². The van der Waals surface area contributed by atoms with E-state index in [-0.39, 0.29) is 0 Å². The average Bonchev–Trinajstić information content (AvgIpc) is 2.89. The number of nitrogens with one attached hydrogen (secondary N) is 1. The molecule has 114 valence electrons. The number of benzene rings is 1. The number of hydrogen-bond acceptors (Lipinski definition) is 2. The Balaban J connectivity index is 2.10. The van der Waals surface area contributed by atoms with Crippen molar-refractivity contribution in [3.05, 3.63) is 53.3 Å². The Morgan fingerprint density at radius 3 is 2.52 bits per heavy atom. The summed E-state index contributed by atoms with van der Waals surface area (Å²) in [5, 5.41) is 7.09. The van der Waals surface area contributed by atoms with E-state index < -0.39 is 11.7 Å². The maximum atomic E-state index is 12.6. The number of halogens is 3. The van der Waals surface area contributed by atoms with Crippen molar-refractivity contribution in [1.29, 1.82) is 0 Å². The maximum absolute atomic E-state index is 12.6. The van der Waals surface area contributed by atoms with Crippen LogP contribution in [0.15, 0.2) is 36.7 Å². The Labute approximate surface area is 121 Å². The van der Waals surface area contributed by atoms with Gasteiger partial charge in [-0.15, -0.1) is 0 Å². The van der Waals surface area contributed by atoms with Crippen LogP contribution in [0.1, 0.15) is 30.0 Å². The summed E-state index contributed by atoms with van der Waals surface area (Å²) in [7, 11) is 0. The number of alkyl halides is 3. The van der Waals surface area contributed by atoms with Crippen molar-refractivity contribution in [2.45, 2.75) is 32.6 Å². The molecule has 0 amide bonds. The third kappa shape index (κ3) is 4.32. The maximum Gasteiger partial charge on any atom is 0.419 e. The third-order valence-electron chi connectivity index (χ3n) is 3.15. The minimum absolute atomic E-state index is 0.333. The standard InChI is InChI=1S/C15H18F3N3/c1-2-7-19-8-12-5-3-4-6-13(12)10-21-11-14(9-20-21)15(16,17)18/h3-6,9,11,19H,2,7-8,10H2,1H3. The minimum atomic E-state index is -4.35. The summed E-state index contributed by atoms with van der Waals surface area (Å²) in [4.78, 5) is 0. The predicted octanol–water partition coefficient (Wildman–Crippen LogP) is 3.45. The molecule has 0 bridgehead atoms. The van der Waals surface area contributed by atoms with Crippen LogP contribution in [0, 0.1) is 0 Å². The largest absolute Gasteiger partial charge is 0.419 e. The minimum Gasteiger partial charge on any atom is -0.313 e. The van der Waals surface area contributed by atoms with Crippen molar-refractivity contribution in [2.24, 2.45) is 0 Å². The lowest BCUT2D eigenvalue weighted by Gasteiger charge is -2.10. The van der Waals surface area contributed by atoms with Crippen LogP contribution in [0.25, 0.3) is 0 Å². The van der Waals surface area contributed by atoms with Crippen LogP contribution >= 0.6 is 0 Å². The van der Waals surface area contributed by atoms with Gasteiger partial charge in [0.15, 0.2) is 0 Å². The fourth-order valence-electron chi connectivity index (χ4n) is 2.05. The molecule has 1 aromatic heterocycles. The first kappa shape index (κ1) is 15.6. The first-order valence-electron chi connectivity index (χ1n) is 6.88. The van der Waals surface area contributed by atoms with Gasteiger partial charge < -0.3 is 5.32 Å². The molecule has 3 nitrogen and oxygen atoms in total. The molecule has 0 aliphatic carbocycles. The van der Waals surface area contributed by atoms with Crippen molar-refractivity contribution >= 4 is 0 Å². The predicted molar refractivity (Wildman–Crippen MR) is 74.8 cm³/mol. The molecule has 21 heavy (non-hydrogen) atoms. The summed E-state index contributed by atoms with van der Waals surface area (Å²) < 4.78 is 39.0. The van der Waals surface area contributed by atoms with Crippen LogP contribution < -0.4 is 5.32 Å². The quantitative estimate of drug-likeness (QED) is 0.828. The summed E-state index contributed by atoms with van der Waals surface area (Å²) in [6.45, 7) is 4.03. The highest BCUT2D eigenvalue weighted by molar-refractivity contribution is 5.27. The van der Waals surface area contributed by atoms with Gasteiger partial charge in [-0.3, -0.25) is 4.68 Å². The molecular formula is C15H18F3N3. The second-order valence-corrected chi connectivity index (χ2v) is 4.87. The molecule has 0 spiro atoms. The summed E-state index contributed by atoms with van der Waals surface area (Å²) in [6.07, 6.45) is -1.41. The Kier molecular flexibility index (Phi) is 5.01. The van der Waals surface area contributed by atoms with Crippen molar-refractivity contribution in [3.63, 3.8) is 0 Å². The van der Waals surface area contributed by atoms with Gasteiger partial charge in [-0.05, 0) is 24.1 Å². The van der Waals surface area contributed by atoms with E-state index in [0.29, 0.717) is 13.1 Å². The molecule has 0 saturated carbocycles. The first-order valence-corrected chi connectivity index (χ1v) is 6.88. The molecule has 0 atom stereocenters. The molecule has 0 aliphatic heterocycles. The molecule has 1 N–H and O–H groups in total. The van der Waals surface area contributed by atoms with Crippen LogP contribution in [0.4, 0.5) is 13.2 Å². The first-order chi connectivity index (χ1) is 10.0. The molecule has 2 rings (SSSR count). The SMILES string of the molecule is CCCNCc1ccccc1Cn1cc(C(F)(F)F)cn1. The molecular weight excluding hydrogens is 279 g/mol. The Morgan fingerprint density at radius 2 is 1.90 bits per heavy atom. The van der Waals surface area contributed by atoms with Crippen LogP contribution in [0.2, 0.25) is 0 Å². The van der Waals surface area contributed by atoms with E-state index in [0.717, 1.165) is 36.5 Å². The van der Waals surface area contributed by atoms with Gasteiger partial charge in [0, 0.05) is 12.7 Å². The highest BCUT2D eigenvalue weighted by Gasteiger charge is 2.32. The number of nitrogens with zero attached hydrogens (tertiary/aromatic N) is 2. The summed E-state index contributed by atoms with van der Waals surface area (Å²) in [6, 6.07) is 7.70. The fraction of sp³-hybridized carbons (Fsp3) is 0.400. The smallest absolute Gasteiger partial charge is 0.313 e. The van der Waals surface area contributed by atoms with Crippen molar-refractivity contribution in [2.75, 3.05) is 6.54 Å². The average molecular weight is 297 g/mol. The van der Waals surface area contributed by atoms with E-state index in [1.165, 1.54) is 4.68 Å². The highest BCUT2D eigenvalue weighted by Crippen LogP contribution is 2.28. The van der Waals surface area contributed by atoms with Crippen molar-refractivity contribution in [3.8, 4) is 0 Å².